The molecule has 1 rings (SSSR count). The molecule has 2 N–H and O–H groups in total. The molecular weight excluding hydrogens is 698 g/mol. The van der Waals surface area contributed by atoms with Crippen LogP contribution in [0.3, 0.4) is 0 Å². The number of rotatable bonds is 39. The highest BCUT2D eigenvalue weighted by Crippen LogP contribution is 2.10. The lowest BCUT2D eigenvalue weighted by atomic mass is 10.3. The Hall–Kier alpha value is -2.33. The van der Waals surface area contributed by atoms with Crippen LogP contribution in [0.4, 0.5) is 0 Å². The van der Waals surface area contributed by atoms with E-state index >= 15 is 0 Å². The predicted octanol–water partition coefficient (Wildman–Crippen LogP) is 0.929. The van der Waals surface area contributed by atoms with Gasteiger partial charge in [-0.25, -0.2) is 0 Å². The third-order valence-corrected chi connectivity index (χ3v) is 7.53. The lowest BCUT2D eigenvalue weighted by Crippen LogP contribution is -2.25. The summed E-state index contributed by atoms with van der Waals surface area (Å²) in [6.07, 6.45) is 0.456. The van der Waals surface area contributed by atoms with E-state index in [-0.39, 0.29) is 36.9 Å². The Morgan fingerprint density at radius 1 is 0.490 bits per heavy atom. The molecule has 0 atom stereocenters. The van der Waals surface area contributed by atoms with Gasteiger partial charge in [-0.2, -0.15) is 8.42 Å². The molecule has 0 aliphatic carbocycles. The normalized spacial score (nSPS) is 11.6. The van der Waals surface area contributed by atoms with Gasteiger partial charge in [-0.05, 0) is 18.6 Å². The summed E-state index contributed by atoms with van der Waals surface area (Å²) in [5.74, 6) is -1.26. The number of aliphatic carboxylic acids is 1. The van der Waals surface area contributed by atoms with Gasteiger partial charge in [0.2, 0.25) is 5.91 Å². The zero-order valence-corrected chi connectivity index (χ0v) is 30.4. The summed E-state index contributed by atoms with van der Waals surface area (Å²) in [6, 6.07) is 7.95. The molecule has 0 heterocycles. The Balaban J connectivity index is 1.66. The van der Waals surface area contributed by atoms with Crippen molar-refractivity contribution in [1.29, 1.82) is 0 Å². The molecule has 296 valence electrons. The first-order valence-corrected chi connectivity index (χ1v) is 18.5. The summed E-state index contributed by atoms with van der Waals surface area (Å²) < 4.78 is 83.1. The van der Waals surface area contributed by atoms with Gasteiger partial charge < -0.3 is 57.8 Å². The van der Waals surface area contributed by atoms with E-state index in [2.05, 4.69) is 5.32 Å². The lowest BCUT2D eigenvalue weighted by molar-refractivity contribution is -0.138. The van der Waals surface area contributed by atoms with Crippen molar-refractivity contribution >= 4 is 22.0 Å². The number of carboxylic acid groups (broad SMARTS) is 1. The summed E-state index contributed by atoms with van der Waals surface area (Å²) in [6.45, 7) is 8.88. The van der Waals surface area contributed by atoms with Crippen LogP contribution in [0.25, 0.3) is 0 Å². The van der Waals surface area contributed by atoms with Gasteiger partial charge in [-0.15, -0.1) is 0 Å². The number of hydrogen-bond donors (Lipinski definition) is 2. The van der Waals surface area contributed by atoms with Crippen LogP contribution in [0, 0.1) is 0 Å². The first kappa shape index (κ1) is 46.7. The monoisotopic (exact) mass is 755 g/mol. The van der Waals surface area contributed by atoms with E-state index < -0.39 is 16.1 Å². The Morgan fingerprint density at radius 3 is 1.18 bits per heavy atom. The smallest absolute Gasteiger partial charge is 0.303 e. The molecule has 51 heavy (non-hydrogen) atoms. The molecule has 0 saturated carbocycles. The fourth-order valence-corrected chi connectivity index (χ4v) is 4.56. The van der Waals surface area contributed by atoms with Gasteiger partial charge in [0.05, 0.1) is 143 Å². The Morgan fingerprint density at radius 2 is 0.824 bits per heavy atom. The van der Waals surface area contributed by atoms with Crippen molar-refractivity contribution in [2.45, 2.75) is 24.2 Å². The van der Waals surface area contributed by atoms with E-state index in [0.29, 0.717) is 138 Å². The van der Waals surface area contributed by atoms with Crippen molar-refractivity contribution in [3.8, 4) is 0 Å². The van der Waals surface area contributed by atoms with Gasteiger partial charge in [0.15, 0.2) is 0 Å². The third kappa shape index (κ3) is 32.1. The molecule has 1 amide bonds. The maximum atomic E-state index is 12.0. The number of ether oxygens (including phenoxy) is 10. The van der Waals surface area contributed by atoms with Crippen LogP contribution in [0.2, 0.25) is 0 Å². The van der Waals surface area contributed by atoms with Crippen molar-refractivity contribution in [1.82, 2.24) is 5.32 Å². The van der Waals surface area contributed by atoms with Gasteiger partial charge in [0, 0.05) is 19.6 Å². The quantitative estimate of drug-likeness (QED) is 0.0709. The molecule has 0 aliphatic rings. The average molecular weight is 756 g/mol. The number of hydrogen-bond acceptors (Lipinski definition) is 15. The Kier molecular flexibility index (Phi) is 31.8. The van der Waals surface area contributed by atoms with E-state index in [1.165, 1.54) is 12.1 Å². The number of carboxylic acids is 1. The standard InChI is InChI=1S/C33H57NO16S/c35-32(7-8-33(36)37)34-9-4-10-40-11-12-41-13-14-42-15-16-43-17-18-44-19-20-45-21-22-46-23-24-47-25-26-48-27-28-49-29-30-50-51(38,39)31-5-2-1-3-6-31/h1-3,5-6H,4,7-30H2,(H,34,35)(H,36,37). The molecule has 1 aromatic carbocycles. The molecule has 0 fully saturated rings. The average Bonchev–Trinajstić information content (AvgIpc) is 3.12. The van der Waals surface area contributed by atoms with Gasteiger partial charge in [-0.1, -0.05) is 18.2 Å². The number of carbonyl (C=O) groups is 2. The van der Waals surface area contributed by atoms with E-state index in [1.54, 1.807) is 18.2 Å². The van der Waals surface area contributed by atoms with Crippen molar-refractivity contribution in [3.63, 3.8) is 0 Å². The van der Waals surface area contributed by atoms with E-state index in [4.69, 9.17) is 56.7 Å². The lowest BCUT2D eigenvalue weighted by Gasteiger charge is -2.09. The van der Waals surface area contributed by atoms with Gasteiger partial charge in [-0.3, -0.25) is 13.8 Å². The molecule has 0 unspecified atom stereocenters. The second-order valence-corrected chi connectivity index (χ2v) is 11.9. The summed E-state index contributed by atoms with van der Waals surface area (Å²) in [5.41, 5.74) is 0. The topological polar surface area (TPSA) is 202 Å². The number of carbonyl (C=O) groups excluding carboxylic acids is 1. The largest absolute Gasteiger partial charge is 0.481 e. The Labute approximate surface area is 301 Å². The Bertz CT molecular complexity index is 1050. The molecule has 0 bridgehead atoms. The van der Waals surface area contributed by atoms with E-state index in [0.717, 1.165) is 0 Å². The summed E-state index contributed by atoms with van der Waals surface area (Å²) >= 11 is 0. The highest BCUT2D eigenvalue weighted by atomic mass is 32.2. The summed E-state index contributed by atoms with van der Waals surface area (Å²) in [4.78, 5) is 21.9. The SMILES string of the molecule is O=C(O)CCC(=O)NCCCOCCOCCOCCOCCOCCOCCOCCOCCOCCOCCOS(=O)(=O)c1ccccc1. The maximum absolute atomic E-state index is 12.0. The summed E-state index contributed by atoms with van der Waals surface area (Å²) in [5, 5.41) is 11.2. The number of amides is 1. The van der Waals surface area contributed by atoms with Crippen molar-refractivity contribution in [2.24, 2.45) is 0 Å². The molecule has 17 nitrogen and oxygen atoms in total. The first-order chi connectivity index (χ1) is 24.9. The minimum atomic E-state index is -3.77. The number of benzene rings is 1. The molecule has 18 heteroatoms. The van der Waals surface area contributed by atoms with Crippen LogP contribution >= 0.6 is 0 Å². The molecule has 0 saturated heterocycles. The molecule has 0 aromatic heterocycles. The number of nitrogens with one attached hydrogen (secondary N) is 1. The van der Waals surface area contributed by atoms with E-state index in [1.807, 2.05) is 0 Å². The van der Waals surface area contributed by atoms with Crippen molar-refractivity contribution in [2.75, 3.05) is 145 Å². The minimum Gasteiger partial charge on any atom is -0.481 e. The van der Waals surface area contributed by atoms with Crippen LogP contribution in [0.15, 0.2) is 35.2 Å². The fourth-order valence-electron chi connectivity index (χ4n) is 3.65. The molecule has 0 radical (unpaired) electrons. The van der Waals surface area contributed by atoms with Crippen molar-refractivity contribution < 1.29 is 74.7 Å². The summed E-state index contributed by atoms with van der Waals surface area (Å²) in [7, 11) is -3.77. The molecular formula is C33H57NO16S. The fraction of sp³-hybridized carbons (Fsp3) is 0.758. The second-order valence-electron chi connectivity index (χ2n) is 10.3. The van der Waals surface area contributed by atoms with Gasteiger partial charge in [0.1, 0.15) is 0 Å². The molecule has 0 spiro atoms. The highest BCUT2D eigenvalue weighted by molar-refractivity contribution is 7.86. The highest BCUT2D eigenvalue weighted by Gasteiger charge is 2.13. The zero-order valence-electron chi connectivity index (χ0n) is 29.5. The van der Waals surface area contributed by atoms with Gasteiger partial charge in [0.25, 0.3) is 10.1 Å². The van der Waals surface area contributed by atoms with Crippen LogP contribution < -0.4 is 5.32 Å². The molecule has 1 aromatic rings. The van der Waals surface area contributed by atoms with Crippen LogP contribution in [-0.2, 0) is 71.3 Å². The predicted molar refractivity (Wildman–Crippen MR) is 182 cm³/mol. The van der Waals surface area contributed by atoms with E-state index in [9.17, 15) is 18.0 Å². The minimum absolute atomic E-state index is 0.0170. The van der Waals surface area contributed by atoms with Crippen LogP contribution in [-0.4, -0.2) is 171 Å². The second kappa shape index (κ2) is 34.7. The molecule has 0 aliphatic heterocycles. The van der Waals surface area contributed by atoms with Crippen LogP contribution in [0.5, 0.6) is 0 Å². The van der Waals surface area contributed by atoms with Crippen LogP contribution in [0.1, 0.15) is 19.3 Å². The van der Waals surface area contributed by atoms with Crippen molar-refractivity contribution in [3.05, 3.63) is 30.3 Å². The first-order valence-electron chi connectivity index (χ1n) is 17.1. The van der Waals surface area contributed by atoms with Gasteiger partial charge >= 0.3 is 5.97 Å². The zero-order chi connectivity index (χ0) is 36.9. The maximum Gasteiger partial charge on any atom is 0.303 e. The third-order valence-electron chi connectivity index (χ3n) is 6.20.